The number of carbonyl (C=O) groups is 1. The number of halogens is 4. The van der Waals surface area contributed by atoms with Gasteiger partial charge in [-0.15, -0.1) is 0 Å². The molecule has 0 fully saturated rings. The Labute approximate surface area is 150 Å². The molecule has 140 valence electrons. The molecule has 0 aliphatic rings. The van der Waals surface area contributed by atoms with Crippen LogP contribution in [0, 0.1) is 5.82 Å². The molecule has 1 amide bonds. The van der Waals surface area contributed by atoms with Gasteiger partial charge in [-0.25, -0.2) is 4.39 Å². The van der Waals surface area contributed by atoms with Crippen LogP contribution >= 0.6 is 0 Å². The Balaban J connectivity index is 2.14. The fraction of sp³-hybridized carbons (Fsp3) is 0.350. The largest absolute Gasteiger partial charge is 0.416 e. The van der Waals surface area contributed by atoms with Crippen LogP contribution in [-0.4, -0.2) is 5.91 Å². The van der Waals surface area contributed by atoms with E-state index < -0.39 is 23.5 Å². The van der Waals surface area contributed by atoms with Crippen molar-refractivity contribution in [1.82, 2.24) is 5.32 Å². The number of rotatable bonds is 6. The molecule has 0 saturated heterocycles. The molecule has 6 heteroatoms. The minimum Gasteiger partial charge on any atom is -0.351 e. The lowest BCUT2D eigenvalue weighted by atomic mass is 9.93. The zero-order chi connectivity index (χ0) is 19.3. The summed E-state index contributed by atoms with van der Waals surface area (Å²) in [4.78, 5) is 12.5. The molecule has 2 nitrogen and oxygen atoms in total. The maximum Gasteiger partial charge on any atom is 0.416 e. The maximum absolute atomic E-state index is 13.8. The van der Waals surface area contributed by atoms with E-state index >= 15 is 0 Å². The van der Waals surface area contributed by atoms with Crippen LogP contribution in [0.3, 0.4) is 0 Å². The fourth-order valence-corrected chi connectivity index (χ4v) is 2.79. The van der Waals surface area contributed by atoms with Crippen molar-refractivity contribution in [2.45, 2.75) is 45.3 Å². The first-order valence-electron chi connectivity index (χ1n) is 8.48. The van der Waals surface area contributed by atoms with Crippen LogP contribution in [0.1, 0.15) is 48.4 Å². The van der Waals surface area contributed by atoms with E-state index in [0.29, 0.717) is 12.5 Å². The van der Waals surface area contributed by atoms with Gasteiger partial charge in [-0.3, -0.25) is 4.79 Å². The van der Waals surface area contributed by atoms with Crippen LogP contribution in [-0.2, 0) is 23.9 Å². The number of alkyl halides is 3. The second-order valence-electron chi connectivity index (χ2n) is 6.08. The van der Waals surface area contributed by atoms with Crippen molar-refractivity contribution in [3.8, 4) is 0 Å². The highest BCUT2D eigenvalue weighted by Crippen LogP contribution is 2.30. The third-order valence-electron chi connectivity index (χ3n) is 4.31. The number of nitrogens with one attached hydrogen (secondary N) is 1. The number of hydrogen-bond acceptors (Lipinski definition) is 1. The highest BCUT2D eigenvalue weighted by atomic mass is 19.4. The monoisotopic (exact) mass is 367 g/mol. The Bertz CT molecular complexity index is 771. The molecule has 0 aliphatic carbocycles. The molecule has 2 aromatic carbocycles. The molecule has 26 heavy (non-hydrogen) atoms. The third-order valence-corrected chi connectivity index (χ3v) is 4.31. The van der Waals surface area contributed by atoms with Gasteiger partial charge in [-0.05, 0) is 42.2 Å². The molecule has 0 saturated carbocycles. The zero-order valence-corrected chi connectivity index (χ0v) is 14.7. The summed E-state index contributed by atoms with van der Waals surface area (Å²) in [6.07, 6.45) is -3.19. The van der Waals surface area contributed by atoms with Crippen molar-refractivity contribution in [3.05, 3.63) is 70.5 Å². The number of carbonyl (C=O) groups excluding carboxylic acids is 1. The van der Waals surface area contributed by atoms with Crippen molar-refractivity contribution >= 4 is 5.91 Å². The van der Waals surface area contributed by atoms with Crippen LogP contribution in [0.15, 0.2) is 42.5 Å². The second kappa shape index (κ2) is 8.34. The number of benzene rings is 2. The summed E-state index contributed by atoms with van der Waals surface area (Å²) in [5.41, 5.74) is 0.808. The van der Waals surface area contributed by atoms with Crippen LogP contribution < -0.4 is 5.32 Å². The smallest absolute Gasteiger partial charge is 0.351 e. The molecule has 0 heterocycles. The molecule has 1 unspecified atom stereocenters. The van der Waals surface area contributed by atoms with Crippen LogP contribution in [0.4, 0.5) is 17.6 Å². The van der Waals surface area contributed by atoms with Gasteiger partial charge in [0, 0.05) is 12.1 Å². The van der Waals surface area contributed by atoms with E-state index in [0.717, 1.165) is 29.7 Å². The van der Waals surface area contributed by atoms with Crippen molar-refractivity contribution in [1.29, 1.82) is 0 Å². The summed E-state index contributed by atoms with van der Waals surface area (Å²) >= 11 is 0. The Morgan fingerprint density at radius 3 is 2.46 bits per heavy atom. The van der Waals surface area contributed by atoms with E-state index in [2.05, 4.69) is 5.32 Å². The lowest BCUT2D eigenvalue weighted by Crippen LogP contribution is -2.29. The van der Waals surface area contributed by atoms with E-state index in [1.165, 1.54) is 0 Å². The molecular formula is C20H21F4NO. The molecule has 0 radical (unpaired) electrons. The molecule has 0 spiro atoms. The minimum absolute atomic E-state index is 0.190. The topological polar surface area (TPSA) is 29.1 Å². The highest BCUT2D eigenvalue weighted by Gasteiger charge is 2.31. The summed E-state index contributed by atoms with van der Waals surface area (Å²) in [5, 5.41) is 2.56. The van der Waals surface area contributed by atoms with Crippen LogP contribution in [0.5, 0.6) is 0 Å². The van der Waals surface area contributed by atoms with E-state index in [1.54, 1.807) is 0 Å². The van der Waals surface area contributed by atoms with Gasteiger partial charge in [0.05, 0.1) is 11.5 Å². The Morgan fingerprint density at radius 2 is 1.85 bits per heavy atom. The highest BCUT2D eigenvalue weighted by molar-refractivity contribution is 5.83. The van der Waals surface area contributed by atoms with Gasteiger partial charge in [0.1, 0.15) is 5.82 Å². The summed E-state index contributed by atoms with van der Waals surface area (Å²) in [6, 6.07) is 9.81. The maximum atomic E-state index is 13.8. The van der Waals surface area contributed by atoms with Gasteiger partial charge in [-0.2, -0.15) is 13.2 Å². The van der Waals surface area contributed by atoms with Gasteiger partial charge in [0.15, 0.2) is 0 Å². The molecule has 0 aromatic heterocycles. The summed E-state index contributed by atoms with van der Waals surface area (Å²) in [6.45, 7) is 3.57. The predicted octanol–water partition coefficient (Wildman–Crippen LogP) is 5.22. The average molecular weight is 367 g/mol. The van der Waals surface area contributed by atoms with E-state index in [4.69, 9.17) is 0 Å². The predicted molar refractivity (Wildman–Crippen MR) is 92.1 cm³/mol. The number of hydrogen-bond donors (Lipinski definition) is 1. The van der Waals surface area contributed by atoms with Crippen LogP contribution in [0.25, 0.3) is 0 Å². The van der Waals surface area contributed by atoms with Gasteiger partial charge in [0.2, 0.25) is 5.91 Å². The standard InChI is InChI=1S/C20H21F4NO/c1-3-13-6-5-7-14(10-13)17(4-2)19(26)25-12-15-11-16(20(22,23)24)8-9-18(15)21/h5-11,17H,3-4,12H2,1-2H3,(H,25,26). The Kier molecular flexibility index (Phi) is 6.40. The van der Waals surface area contributed by atoms with Gasteiger partial charge >= 0.3 is 6.18 Å². The summed E-state index contributed by atoms with van der Waals surface area (Å²) in [5.74, 6) is -1.55. The van der Waals surface area contributed by atoms with E-state index in [9.17, 15) is 22.4 Å². The van der Waals surface area contributed by atoms with Crippen LogP contribution in [0.2, 0.25) is 0 Å². The normalized spacial score (nSPS) is 12.7. The molecule has 0 bridgehead atoms. The zero-order valence-electron chi connectivity index (χ0n) is 14.7. The molecule has 0 aliphatic heterocycles. The Hall–Kier alpha value is -2.37. The SMILES string of the molecule is CCc1cccc(C(CC)C(=O)NCc2cc(C(F)(F)F)ccc2F)c1. The molecule has 2 aromatic rings. The summed E-state index contributed by atoms with van der Waals surface area (Å²) < 4.78 is 52.1. The molecule has 1 atom stereocenters. The molecule has 2 rings (SSSR count). The second-order valence-corrected chi connectivity index (χ2v) is 6.08. The Morgan fingerprint density at radius 1 is 1.12 bits per heavy atom. The van der Waals surface area contributed by atoms with Crippen molar-refractivity contribution < 1.29 is 22.4 Å². The first-order chi connectivity index (χ1) is 12.3. The molecule has 1 N–H and O–H groups in total. The minimum atomic E-state index is -4.56. The summed E-state index contributed by atoms with van der Waals surface area (Å²) in [7, 11) is 0. The van der Waals surface area contributed by atoms with Gasteiger partial charge in [-0.1, -0.05) is 38.1 Å². The first-order valence-corrected chi connectivity index (χ1v) is 8.48. The lowest BCUT2D eigenvalue weighted by molar-refractivity contribution is -0.137. The average Bonchev–Trinajstić information content (AvgIpc) is 2.61. The fourth-order valence-electron chi connectivity index (χ4n) is 2.79. The quantitative estimate of drug-likeness (QED) is 0.697. The van der Waals surface area contributed by atoms with E-state index in [1.807, 2.05) is 38.1 Å². The van der Waals surface area contributed by atoms with Crippen molar-refractivity contribution in [2.75, 3.05) is 0 Å². The lowest BCUT2D eigenvalue weighted by Gasteiger charge is -2.17. The first kappa shape index (κ1) is 19.9. The van der Waals surface area contributed by atoms with E-state index in [-0.39, 0.29) is 18.0 Å². The third kappa shape index (κ3) is 4.84. The molecular weight excluding hydrogens is 346 g/mol. The number of amides is 1. The van der Waals surface area contributed by atoms with Crippen molar-refractivity contribution in [3.63, 3.8) is 0 Å². The number of aryl methyl sites for hydroxylation is 1. The van der Waals surface area contributed by atoms with Gasteiger partial charge in [0.25, 0.3) is 0 Å². The van der Waals surface area contributed by atoms with Gasteiger partial charge < -0.3 is 5.32 Å². The van der Waals surface area contributed by atoms with Crippen molar-refractivity contribution in [2.24, 2.45) is 0 Å².